The Hall–Kier alpha value is -0.215. The summed E-state index contributed by atoms with van der Waals surface area (Å²) in [7, 11) is 5.38. The molecule has 2 nitrogen and oxygen atoms in total. The number of hydrogen-bond acceptors (Lipinski definition) is 2. The molecule has 2 N–H and O–H groups in total. The first-order chi connectivity index (χ1) is 5.99. The minimum Gasteiger partial charge on any atom is -0.394 e. The van der Waals surface area contributed by atoms with Crippen LogP contribution in [0, 0.1) is 0 Å². The van der Waals surface area contributed by atoms with Gasteiger partial charge in [-0.3, -0.25) is 0 Å². The summed E-state index contributed by atoms with van der Waals surface area (Å²) in [6.07, 6.45) is 0. The van der Waals surface area contributed by atoms with Crippen LogP contribution in [0.15, 0.2) is 18.2 Å². The van der Waals surface area contributed by atoms with Crippen LogP contribution >= 0.6 is 23.2 Å². The summed E-state index contributed by atoms with van der Waals surface area (Å²) in [6.45, 7) is -0.642. The third-order valence-electron chi connectivity index (χ3n) is 1.64. The Morgan fingerprint density at radius 1 is 1.31 bits per heavy atom. The van der Waals surface area contributed by atoms with Crippen LogP contribution in [0.25, 0.3) is 0 Å². The molecule has 0 saturated heterocycles. The smallest absolute Gasteiger partial charge is 0.123 e. The fourth-order valence-corrected chi connectivity index (χ4v) is 1.72. The molecular weight excluding hydrogens is 210 g/mol. The molecule has 0 aliphatic rings. The van der Waals surface area contributed by atoms with Gasteiger partial charge >= 0.3 is 0 Å². The lowest BCUT2D eigenvalue weighted by molar-refractivity contribution is 0.0552. The molecule has 1 unspecified atom stereocenters. The highest BCUT2D eigenvalue weighted by atomic mass is 35.5. The van der Waals surface area contributed by atoms with Gasteiger partial charge in [-0.15, -0.1) is 0 Å². The highest BCUT2D eigenvalue weighted by molar-refractivity contribution is 6.37. The van der Waals surface area contributed by atoms with Crippen LogP contribution in [0.3, 0.4) is 0 Å². The van der Waals surface area contributed by atoms with E-state index in [1.54, 1.807) is 6.07 Å². The molecule has 0 saturated carbocycles. The third-order valence-corrected chi connectivity index (χ3v) is 2.27. The van der Waals surface area contributed by atoms with E-state index in [-0.39, 0.29) is 15.6 Å². The second kappa shape index (κ2) is 3.88. The monoisotopic (exact) mass is 216 g/mol. The summed E-state index contributed by atoms with van der Waals surface area (Å²) < 4.78 is 0. The van der Waals surface area contributed by atoms with Gasteiger partial charge in [0.05, 0.1) is 12.1 Å². The van der Waals surface area contributed by atoms with Crippen molar-refractivity contribution in [3.63, 3.8) is 0 Å². The van der Waals surface area contributed by atoms with Crippen molar-refractivity contribution < 1.29 is 10.2 Å². The Morgan fingerprint density at radius 2 is 1.77 bits per heavy atom. The first-order valence-electron chi connectivity index (χ1n) is 3.55. The molecule has 13 heavy (non-hydrogen) atoms. The van der Waals surface area contributed by atoms with Crippen LogP contribution in [0.5, 0.6) is 0 Å². The zero-order valence-corrected chi connectivity index (χ0v) is 8.18. The SMILES string of the molecule is [B]C(O)(CO)c1c(Cl)cccc1Cl. The van der Waals surface area contributed by atoms with Gasteiger partial charge in [0.15, 0.2) is 0 Å². The van der Waals surface area contributed by atoms with Crippen molar-refractivity contribution >= 4 is 31.0 Å². The molecule has 1 aromatic carbocycles. The Labute approximate surface area is 87.5 Å². The molecule has 68 valence electrons. The number of rotatable bonds is 2. The van der Waals surface area contributed by atoms with Gasteiger partial charge in [0.1, 0.15) is 7.85 Å². The van der Waals surface area contributed by atoms with Gasteiger partial charge in [-0.1, -0.05) is 29.3 Å². The molecule has 0 amide bonds. The van der Waals surface area contributed by atoms with E-state index in [0.29, 0.717) is 0 Å². The molecule has 5 heteroatoms. The van der Waals surface area contributed by atoms with E-state index >= 15 is 0 Å². The number of benzene rings is 1. The van der Waals surface area contributed by atoms with Crippen molar-refractivity contribution in [3.05, 3.63) is 33.8 Å². The zero-order valence-electron chi connectivity index (χ0n) is 6.67. The van der Waals surface area contributed by atoms with Gasteiger partial charge in [-0.25, -0.2) is 0 Å². The Balaban J connectivity index is 3.28. The number of hydrogen-bond donors (Lipinski definition) is 2. The molecule has 0 aromatic heterocycles. The van der Waals surface area contributed by atoms with Crippen LogP contribution in [-0.2, 0) is 5.50 Å². The summed E-state index contributed by atoms with van der Waals surface area (Å²) >= 11 is 11.5. The van der Waals surface area contributed by atoms with Crippen molar-refractivity contribution in [3.8, 4) is 0 Å². The summed E-state index contributed by atoms with van der Waals surface area (Å²) in [5.41, 5.74) is -1.75. The molecule has 0 bridgehead atoms. The second-order valence-electron chi connectivity index (χ2n) is 2.68. The fraction of sp³-hybridized carbons (Fsp3) is 0.250. The van der Waals surface area contributed by atoms with Gasteiger partial charge in [0.2, 0.25) is 0 Å². The molecule has 0 fully saturated rings. The summed E-state index contributed by atoms with van der Waals surface area (Å²) in [5, 5.41) is 18.8. The molecule has 0 heterocycles. The molecule has 0 aliphatic heterocycles. The number of halogens is 2. The standard InChI is InChI=1S/C8H7BCl2O2/c9-8(13,4-12)7-5(10)2-1-3-6(7)11/h1-3,12-13H,4H2. The van der Waals surface area contributed by atoms with Crippen LogP contribution in [0.4, 0.5) is 0 Å². The lowest BCUT2D eigenvalue weighted by Crippen LogP contribution is -2.31. The average Bonchev–Trinajstić information content (AvgIpc) is 2.03. The minimum atomic E-state index is -1.89. The summed E-state index contributed by atoms with van der Waals surface area (Å²) in [5.74, 6) is 0. The van der Waals surface area contributed by atoms with Crippen molar-refractivity contribution in [2.45, 2.75) is 5.50 Å². The zero-order chi connectivity index (χ0) is 10.1. The van der Waals surface area contributed by atoms with E-state index < -0.39 is 12.1 Å². The molecule has 1 rings (SSSR count). The van der Waals surface area contributed by atoms with Crippen molar-refractivity contribution in [2.75, 3.05) is 6.61 Å². The van der Waals surface area contributed by atoms with Gasteiger partial charge < -0.3 is 10.2 Å². The summed E-state index contributed by atoms with van der Waals surface area (Å²) in [4.78, 5) is 0. The topological polar surface area (TPSA) is 40.5 Å². The van der Waals surface area contributed by atoms with Gasteiger partial charge in [-0.2, -0.15) is 0 Å². The Kier molecular flexibility index (Phi) is 3.25. The van der Waals surface area contributed by atoms with Crippen LogP contribution in [0.2, 0.25) is 10.0 Å². The normalized spacial score (nSPS) is 15.4. The maximum absolute atomic E-state index is 9.52. The van der Waals surface area contributed by atoms with Crippen molar-refractivity contribution in [2.24, 2.45) is 0 Å². The Morgan fingerprint density at radius 3 is 2.15 bits per heavy atom. The Bertz CT molecular complexity index is 295. The van der Waals surface area contributed by atoms with Crippen LogP contribution in [-0.4, -0.2) is 24.7 Å². The maximum Gasteiger partial charge on any atom is 0.123 e. The van der Waals surface area contributed by atoms with E-state index in [4.69, 9.17) is 36.2 Å². The first kappa shape index (κ1) is 10.9. The highest BCUT2D eigenvalue weighted by Crippen LogP contribution is 2.31. The lowest BCUT2D eigenvalue weighted by atomic mass is 9.76. The van der Waals surface area contributed by atoms with Gasteiger partial charge in [-0.05, 0) is 12.1 Å². The van der Waals surface area contributed by atoms with Crippen LogP contribution < -0.4 is 0 Å². The minimum absolute atomic E-state index is 0.140. The third kappa shape index (κ3) is 2.17. The average molecular weight is 217 g/mol. The molecule has 1 atom stereocenters. The largest absolute Gasteiger partial charge is 0.394 e. The van der Waals surface area contributed by atoms with E-state index in [1.165, 1.54) is 12.1 Å². The van der Waals surface area contributed by atoms with E-state index in [1.807, 2.05) is 0 Å². The van der Waals surface area contributed by atoms with E-state index in [2.05, 4.69) is 0 Å². The van der Waals surface area contributed by atoms with Crippen LogP contribution in [0.1, 0.15) is 5.56 Å². The lowest BCUT2D eigenvalue weighted by Gasteiger charge is -2.23. The van der Waals surface area contributed by atoms with E-state index in [9.17, 15) is 5.11 Å². The molecule has 0 aliphatic carbocycles. The molecular formula is C8H7BCl2O2. The highest BCUT2D eigenvalue weighted by Gasteiger charge is 2.26. The maximum atomic E-state index is 9.52. The van der Waals surface area contributed by atoms with Crippen molar-refractivity contribution in [1.82, 2.24) is 0 Å². The van der Waals surface area contributed by atoms with Crippen molar-refractivity contribution in [1.29, 1.82) is 0 Å². The van der Waals surface area contributed by atoms with E-state index in [0.717, 1.165) is 0 Å². The quantitative estimate of drug-likeness (QED) is 0.732. The van der Waals surface area contributed by atoms with Gasteiger partial charge in [0, 0.05) is 15.6 Å². The predicted octanol–water partition coefficient (Wildman–Crippen LogP) is 1.30. The fourth-order valence-electron chi connectivity index (χ4n) is 0.990. The first-order valence-corrected chi connectivity index (χ1v) is 4.31. The molecule has 1 aromatic rings. The number of aliphatic hydroxyl groups is 2. The summed E-state index contributed by atoms with van der Waals surface area (Å²) in [6, 6.07) is 4.70. The number of aliphatic hydroxyl groups excluding tert-OH is 1. The van der Waals surface area contributed by atoms with Gasteiger partial charge in [0.25, 0.3) is 0 Å². The second-order valence-corrected chi connectivity index (χ2v) is 3.49. The molecule has 2 radical (unpaired) electrons. The predicted molar refractivity (Wildman–Crippen MR) is 53.2 cm³/mol. The molecule has 0 spiro atoms.